The molecule has 1 aromatic heterocycles. The van der Waals surface area contributed by atoms with E-state index < -0.39 is 0 Å². The Morgan fingerprint density at radius 1 is 1.48 bits per heavy atom. The SMILES string of the molecule is CCC(CO)NC(=O)C1CC2c3cccc4scc(c34)CC2N(C)C1. The van der Waals surface area contributed by atoms with Crippen LogP contribution in [0.15, 0.2) is 23.6 Å². The number of likely N-dealkylation sites (N-methyl/N-ethyl adjacent to an activating group) is 1. The second kappa shape index (κ2) is 6.71. The Morgan fingerprint density at radius 3 is 3.08 bits per heavy atom. The molecule has 0 bridgehead atoms. The molecule has 1 aromatic carbocycles. The van der Waals surface area contributed by atoms with Gasteiger partial charge in [-0.3, -0.25) is 4.79 Å². The third-order valence-electron chi connectivity index (χ3n) is 6.04. The number of hydrogen-bond donors (Lipinski definition) is 2. The Hall–Kier alpha value is -1.43. The number of aliphatic hydroxyl groups excluding tert-OH is 1. The molecule has 25 heavy (non-hydrogen) atoms. The summed E-state index contributed by atoms with van der Waals surface area (Å²) in [6, 6.07) is 6.97. The minimum atomic E-state index is -0.131. The number of piperidine rings is 1. The van der Waals surface area contributed by atoms with Crippen LogP contribution in [0, 0.1) is 5.92 Å². The molecule has 2 aromatic rings. The Morgan fingerprint density at radius 2 is 2.32 bits per heavy atom. The number of thiophene rings is 1. The lowest BCUT2D eigenvalue weighted by Crippen LogP contribution is -2.52. The van der Waals surface area contributed by atoms with Gasteiger partial charge in [-0.25, -0.2) is 0 Å². The van der Waals surface area contributed by atoms with Gasteiger partial charge in [0.05, 0.1) is 18.6 Å². The number of likely N-dealkylation sites (tertiary alicyclic amines) is 1. The molecule has 5 heteroatoms. The van der Waals surface area contributed by atoms with Gasteiger partial charge in [0, 0.05) is 23.2 Å². The third kappa shape index (κ3) is 2.88. The minimum Gasteiger partial charge on any atom is -0.394 e. The molecule has 2 heterocycles. The van der Waals surface area contributed by atoms with Gasteiger partial charge >= 0.3 is 0 Å². The second-order valence-corrected chi connectivity index (χ2v) is 8.44. The first-order chi connectivity index (χ1) is 12.1. The van der Waals surface area contributed by atoms with Gasteiger partial charge in [-0.15, -0.1) is 11.3 Å². The molecule has 1 amide bonds. The summed E-state index contributed by atoms with van der Waals surface area (Å²) in [5, 5.41) is 16.1. The van der Waals surface area contributed by atoms with Gasteiger partial charge in [0.1, 0.15) is 0 Å². The molecule has 1 aliphatic carbocycles. The Kier molecular flexibility index (Phi) is 4.56. The summed E-state index contributed by atoms with van der Waals surface area (Å²) in [5.74, 6) is 0.492. The predicted octanol–water partition coefficient (Wildman–Crippen LogP) is 2.75. The Labute approximate surface area is 152 Å². The van der Waals surface area contributed by atoms with Gasteiger partial charge in [-0.05, 0) is 54.3 Å². The fourth-order valence-corrected chi connectivity index (χ4v) is 5.62. The van der Waals surface area contributed by atoms with Crippen LogP contribution in [0.25, 0.3) is 10.1 Å². The van der Waals surface area contributed by atoms with E-state index in [9.17, 15) is 9.90 Å². The molecule has 4 rings (SSSR count). The maximum atomic E-state index is 12.7. The molecule has 134 valence electrons. The molecular formula is C20H26N2O2S. The Balaban J connectivity index is 1.62. The normalized spacial score (nSPS) is 27.1. The van der Waals surface area contributed by atoms with Crippen molar-refractivity contribution in [3.8, 4) is 0 Å². The fraction of sp³-hybridized carbons (Fsp3) is 0.550. The number of carbonyl (C=O) groups excluding carboxylic acids is 1. The van der Waals surface area contributed by atoms with Crippen molar-refractivity contribution in [2.24, 2.45) is 5.92 Å². The number of aliphatic hydroxyl groups is 1. The standard InChI is InChI=1S/C20H26N2O2S/c1-3-14(10-23)21-20(24)12-7-16-15-5-4-6-18-19(15)13(11-25-18)8-17(16)22(2)9-12/h4-6,11-12,14,16-17,23H,3,7-10H2,1-2H3,(H,21,24). The molecule has 4 nitrogen and oxygen atoms in total. The van der Waals surface area contributed by atoms with Crippen LogP contribution in [-0.4, -0.2) is 48.2 Å². The predicted molar refractivity (Wildman–Crippen MR) is 102 cm³/mol. The van der Waals surface area contributed by atoms with Gasteiger partial charge in [0.15, 0.2) is 0 Å². The van der Waals surface area contributed by atoms with E-state index in [4.69, 9.17) is 0 Å². The number of hydrogen-bond acceptors (Lipinski definition) is 4. The quantitative estimate of drug-likeness (QED) is 0.884. The van der Waals surface area contributed by atoms with E-state index in [1.807, 2.05) is 18.3 Å². The fourth-order valence-electron chi connectivity index (χ4n) is 4.61. The topological polar surface area (TPSA) is 52.6 Å². The third-order valence-corrected chi connectivity index (χ3v) is 7.04. The largest absolute Gasteiger partial charge is 0.394 e. The lowest BCUT2D eigenvalue weighted by Gasteiger charge is -2.45. The summed E-state index contributed by atoms with van der Waals surface area (Å²) in [6.45, 7) is 2.79. The maximum absolute atomic E-state index is 12.7. The molecule has 2 aliphatic rings. The van der Waals surface area contributed by atoms with Gasteiger partial charge in [0.2, 0.25) is 5.91 Å². The van der Waals surface area contributed by atoms with Crippen molar-refractivity contribution >= 4 is 27.3 Å². The van der Waals surface area contributed by atoms with Crippen LogP contribution < -0.4 is 5.32 Å². The van der Waals surface area contributed by atoms with Gasteiger partial charge < -0.3 is 15.3 Å². The summed E-state index contributed by atoms with van der Waals surface area (Å²) >= 11 is 1.84. The van der Waals surface area contributed by atoms with E-state index in [0.717, 1.165) is 25.8 Å². The van der Waals surface area contributed by atoms with Crippen LogP contribution in [0.1, 0.15) is 36.8 Å². The summed E-state index contributed by atoms with van der Waals surface area (Å²) in [6.07, 6.45) is 2.74. The van der Waals surface area contributed by atoms with Crippen LogP contribution in [0.3, 0.4) is 0 Å². The summed E-state index contributed by atoms with van der Waals surface area (Å²) in [7, 11) is 2.15. The highest BCUT2D eigenvalue weighted by Crippen LogP contribution is 2.46. The lowest BCUT2D eigenvalue weighted by molar-refractivity contribution is -0.128. The first-order valence-corrected chi connectivity index (χ1v) is 10.1. The molecule has 1 saturated heterocycles. The molecule has 2 N–H and O–H groups in total. The van der Waals surface area contributed by atoms with Crippen LogP contribution >= 0.6 is 11.3 Å². The molecule has 1 aliphatic heterocycles. The van der Waals surface area contributed by atoms with E-state index in [0.29, 0.717) is 12.0 Å². The summed E-state index contributed by atoms with van der Waals surface area (Å²) in [5.41, 5.74) is 2.89. The second-order valence-electron chi connectivity index (χ2n) is 7.53. The number of carbonyl (C=O) groups is 1. The molecule has 0 radical (unpaired) electrons. The zero-order valence-corrected chi connectivity index (χ0v) is 15.7. The number of rotatable bonds is 4. The van der Waals surface area contributed by atoms with Crippen molar-refractivity contribution in [1.82, 2.24) is 10.2 Å². The molecule has 4 unspecified atom stereocenters. The van der Waals surface area contributed by atoms with Crippen molar-refractivity contribution in [3.05, 3.63) is 34.7 Å². The smallest absolute Gasteiger partial charge is 0.224 e. The number of nitrogens with one attached hydrogen (secondary N) is 1. The molecule has 0 saturated carbocycles. The van der Waals surface area contributed by atoms with Crippen LogP contribution in [0.2, 0.25) is 0 Å². The Bertz CT molecular complexity index is 783. The zero-order chi connectivity index (χ0) is 17.6. The monoisotopic (exact) mass is 358 g/mol. The van der Waals surface area contributed by atoms with Gasteiger partial charge in [0.25, 0.3) is 0 Å². The van der Waals surface area contributed by atoms with Gasteiger partial charge in [-0.1, -0.05) is 19.1 Å². The minimum absolute atomic E-state index is 0.00836. The van der Waals surface area contributed by atoms with Crippen LogP contribution in [-0.2, 0) is 11.2 Å². The highest BCUT2D eigenvalue weighted by atomic mass is 32.1. The van der Waals surface area contributed by atoms with Crippen molar-refractivity contribution in [2.45, 2.75) is 44.2 Å². The summed E-state index contributed by atoms with van der Waals surface area (Å²) < 4.78 is 1.37. The highest BCUT2D eigenvalue weighted by Gasteiger charge is 2.41. The molecule has 4 atom stereocenters. The van der Waals surface area contributed by atoms with Crippen LogP contribution in [0.4, 0.5) is 0 Å². The average molecular weight is 359 g/mol. The number of nitrogens with zero attached hydrogens (tertiary/aromatic N) is 1. The molecule has 1 fully saturated rings. The average Bonchev–Trinajstić information content (AvgIpc) is 3.04. The van der Waals surface area contributed by atoms with Gasteiger partial charge in [-0.2, -0.15) is 0 Å². The van der Waals surface area contributed by atoms with E-state index in [-0.39, 0.29) is 24.5 Å². The number of benzene rings is 1. The zero-order valence-electron chi connectivity index (χ0n) is 14.9. The van der Waals surface area contributed by atoms with Crippen molar-refractivity contribution in [3.63, 3.8) is 0 Å². The number of fused-ring (bicyclic) bond motifs is 2. The van der Waals surface area contributed by atoms with E-state index in [1.165, 1.54) is 21.2 Å². The van der Waals surface area contributed by atoms with Crippen molar-refractivity contribution in [1.29, 1.82) is 0 Å². The van der Waals surface area contributed by atoms with Crippen molar-refractivity contribution < 1.29 is 9.90 Å². The van der Waals surface area contributed by atoms with E-state index in [1.54, 1.807) is 0 Å². The lowest BCUT2D eigenvalue weighted by atomic mass is 9.72. The first-order valence-electron chi connectivity index (χ1n) is 9.22. The molecular weight excluding hydrogens is 332 g/mol. The maximum Gasteiger partial charge on any atom is 0.224 e. The number of amides is 1. The first kappa shape index (κ1) is 17.0. The summed E-state index contributed by atoms with van der Waals surface area (Å²) in [4.78, 5) is 15.1. The van der Waals surface area contributed by atoms with E-state index in [2.05, 4.69) is 40.8 Å². The van der Waals surface area contributed by atoms with Crippen molar-refractivity contribution in [2.75, 3.05) is 20.2 Å². The van der Waals surface area contributed by atoms with Crippen LogP contribution in [0.5, 0.6) is 0 Å². The highest BCUT2D eigenvalue weighted by molar-refractivity contribution is 7.17. The molecule has 0 spiro atoms. The van der Waals surface area contributed by atoms with E-state index >= 15 is 0 Å².